The number of fused-ring (bicyclic) bond motifs is 1. The number of esters is 1. The smallest absolute Gasteiger partial charge is 0.343 e. The molecule has 6 heteroatoms. The Balaban J connectivity index is 2.34. The van der Waals surface area contributed by atoms with Gasteiger partial charge in [-0.05, 0) is 38.7 Å². The number of carbonyl (C=O) groups excluding carboxylic acids is 1. The first-order valence-electron chi connectivity index (χ1n) is 7.71. The molecule has 122 valence electrons. The lowest BCUT2D eigenvalue weighted by atomic mass is 10.0. The van der Waals surface area contributed by atoms with Crippen LogP contribution in [0.2, 0.25) is 0 Å². The van der Waals surface area contributed by atoms with Gasteiger partial charge in [0.25, 0.3) is 0 Å². The van der Waals surface area contributed by atoms with Crippen LogP contribution >= 0.6 is 0 Å². The predicted molar refractivity (Wildman–Crippen MR) is 81.7 cm³/mol. The number of aryl methyl sites for hydroxylation is 1. The molecule has 1 heterocycles. The lowest BCUT2D eigenvalue weighted by Gasteiger charge is -2.14. The van der Waals surface area contributed by atoms with Gasteiger partial charge in [-0.2, -0.15) is 0 Å². The number of pyridine rings is 1. The highest BCUT2D eigenvalue weighted by atomic mass is 19.1. The molecular weight excluding hydrogens is 304 g/mol. The van der Waals surface area contributed by atoms with Gasteiger partial charge in [0.05, 0.1) is 17.5 Å². The maximum atomic E-state index is 14.8. The number of carbonyl (C=O) groups is 1. The van der Waals surface area contributed by atoms with Crippen LogP contribution in [0.4, 0.5) is 8.78 Å². The maximum Gasteiger partial charge on any atom is 0.343 e. The molecule has 0 unspecified atom stereocenters. The van der Waals surface area contributed by atoms with Crippen molar-refractivity contribution in [3.8, 4) is 0 Å². The molecule has 0 radical (unpaired) electrons. The highest BCUT2D eigenvalue weighted by Crippen LogP contribution is 2.43. The Kier molecular flexibility index (Phi) is 3.92. The van der Waals surface area contributed by atoms with Gasteiger partial charge in [0.2, 0.25) is 5.43 Å². The van der Waals surface area contributed by atoms with Crippen molar-refractivity contribution in [1.29, 1.82) is 0 Å². The summed E-state index contributed by atoms with van der Waals surface area (Å²) in [5.41, 5.74) is -0.820. The van der Waals surface area contributed by atoms with Gasteiger partial charge in [-0.15, -0.1) is 0 Å². The van der Waals surface area contributed by atoms with Crippen LogP contribution in [-0.4, -0.2) is 17.1 Å². The fraction of sp³-hybridized carbons (Fsp3) is 0.412. The largest absolute Gasteiger partial charge is 0.462 e. The number of halogens is 2. The van der Waals surface area contributed by atoms with E-state index >= 15 is 0 Å². The van der Waals surface area contributed by atoms with Gasteiger partial charge in [-0.1, -0.05) is 0 Å². The van der Waals surface area contributed by atoms with Gasteiger partial charge in [-0.3, -0.25) is 4.79 Å². The molecule has 1 aromatic carbocycles. The Morgan fingerprint density at radius 3 is 2.61 bits per heavy atom. The summed E-state index contributed by atoms with van der Waals surface area (Å²) in [7, 11) is 0. The highest BCUT2D eigenvalue weighted by molar-refractivity contribution is 5.94. The second-order valence-electron chi connectivity index (χ2n) is 5.63. The van der Waals surface area contributed by atoms with Crippen molar-refractivity contribution in [2.75, 3.05) is 6.61 Å². The fourth-order valence-corrected chi connectivity index (χ4v) is 2.85. The van der Waals surface area contributed by atoms with Crippen molar-refractivity contribution in [2.24, 2.45) is 0 Å². The lowest BCUT2D eigenvalue weighted by Crippen LogP contribution is -2.22. The molecule has 0 N–H and O–H groups in total. The van der Waals surface area contributed by atoms with E-state index < -0.39 is 23.0 Å². The zero-order valence-electron chi connectivity index (χ0n) is 13.0. The van der Waals surface area contributed by atoms with Gasteiger partial charge >= 0.3 is 5.97 Å². The topological polar surface area (TPSA) is 48.3 Å². The number of hydrogen-bond acceptors (Lipinski definition) is 3. The zero-order chi connectivity index (χ0) is 16.7. The molecular formula is C17H17F2NO3. The van der Waals surface area contributed by atoms with Crippen molar-refractivity contribution in [3.63, 3.8) is 0 Å². The summed E-state index contributed by atoms with van der Waals surface area (Å²) >= 11 is 0. The summed E-state index contributed by atoms with van der Waals surface area (Å²) in [6.07, 6.45) is 2.79. The number of hydrogen-bond donors (Lipinski definition) is 0. The molecule has 3 rings (SSSR count). The van der Waals surface area contributed by atoms with Crippen molar-refractivity contribution < 1.29 is 18.3 Å². The summed E-state index contributed by atoms with van der Waals surface area (Å²) in [5, 5.41) is -0.128. The molecule has 1 saturated carbocycles. The summed E-state index contributed by atoms with van der Waals surface area (Å²) in [5.74, 6) is -2.33. The Morgan fingerprint density at radius 2 is 2.04 bits per heavy atom. The minimum absolute atomic E-state index is 0.0444. The van der Waals surface area contributed by atoms with Gasteiger partial charge < -0.3 is 9.30 Å². The summed E-state index contributed by atoms with van der Waals surface area (Å²) in [6, 6.07) is 1.04. The number of nitrogens with zero attached hydrogens (tertiary/aromatic N) is 1. The number of benzene rings is 1. The van der Waals surface area contributed by atoms with E-state index in [0.717, 1.165) is 18.9 Å². The Bertz CT molecular complexity index is 853. The molecule has 1 aliphatic rings. The van der Waals surface area contributed by atoms with Crippen molar-refractivity contribution >= 4 is 16.9 Å². The molecule has 0 amide bonds. The van der Waals surface area contributed by atoms with Crippen LogP contribution in [0, 0.1) is 11.6 Å². The minimum atomic E-state index is -0.784. The Hall–Kier alpha value is -2.24. The predicted octanol–water partition coefficient (Wildman–Crippen LogP) is 3.35. The van der Waals surface area contributed by atoms with E-state index in [2.05, 4.69) is 0 Å². The molecule has 1 aliphatic carbocycles. The van der Waals surface area contributed by atoms with Crippen molar-refractivity contribution in [3.05, 3.63) is 45.2 Å². The third kappa shape index (κ3) is 2.52. The number of rotatable bonds is 4. The van der Waals surface area contributed by atoms with E-state index in [1.165, 1.54) is 10.8 Å². The normalized spacial score (nSPS) is 14.3. The first kappa shape index (κ1) is 15.6. The van der Waals surface area contributed by atoms with Gasteiger partial charge in [0.15, 0.2) is 5.82 Å². The molecule has 4 nitrogen and oxygen atoms in total. The molecule has 0 atom stereocenters. The Morgan fingerprint density at radius 1 is 1.35 bits per heavy atom. The fourth-order valence-electron chi connectivity index (χ4n) is 2.85. The number of aromatic nitrogens is 1. The molecule has 0 aliphatic heterocycles. The van der Waals surface area contributed by atoms with Gasteiger partial charge in [0.1, 0.15) is 11.4 Å². The monoisotopic (exact) mass is 321 g/mol. The molecule has 1 fully saturated rings. The first-order chi connectivity index (χ1) is 11.0. The quantitative estimate of drug-likeness (QED) is 0.811. The second kappa shape index (κ2) is 5.76. The third-order valence-corrected chi connectivity index (χ3v) is 4.11. The zero-order valence-corrected chi connectivity index (χ0v) is 13.0. The van der Waals surface area contributed by atoms with E-state index in [1.54, 1.807) is 13.8 Å². The molecule has 2 aromatic rings. The SMILES string of the molecule is CCOC(=O)c1cn(CC)c2c(F)c(C3CC3)c(F)cc2c1=O. The third-order valence-electron chi connectivity index (χ3n) is 4.11. The molecule has 23 heavy (non-hydrogen) atoms. The maximum absolute atomic E-state index is 14.8. The van der Waals surface area contributed by atoms with E-state index in [0.29, 0.717) is 6.54 Å². The molecule has 0 spiro atoms. The first-order valence-corrected chi connectivity index (χ1v) is 7.71. The average Bonchev–Trinajstić information content (AvgIpc) is 3.33. The summed E-state index contributed by atoms with van der Waals surface area (Å²) in [6.45, 7) is 3.85. The minimum Gasteiger partial charge on any atom is -0.462 e. The van der Waals surface area contributed by atoms with Crippen molar-refractivity contribution in [2.45, 2.75) is 39.2 Å². The van der Waals surface area contributed by atoms with Crippen LogP contribution in [0.1, 0.15) is 48.5 Å². The molecule has 0 saturated heterocycles. The van der Waals surface area contributed by atoms with Crippen LogP contribution in [0.25, 0.3) is 10.9 Å². The Labute approximate surface area is 131 Å². The number of ether oxygens (including phenoxy) is 1. The second-order valence-corrected chi connectivity index (χ2v) is 5.63. The summed E-state index contributed by atoms with van der Waals surface area (Å²) < 4.78 is 35.4. The molecule has 1 aromatic heterocycles. The summed E-state index contributed by atoms with van der Waals surface area (Å²) in [4.78, 5) is 24.4. The van der Waals surface area contributed by atoms with E-state index in [9.17, 15) is 18.4 Å². The van der Waals surface area contributed by atoms with Crippen LogP contribution in [0.15, 0.2) is 17.1 Å². The van der Waals surface area contributed by atoms with E-state index in [-0.39, 0.29) is 34.6 Å². The van der Waals surface area contributed by atoms with Gasteiger partial charge in [0, 0.05) is 18.3 Å². The van der Waals surface area contributed by atoms with Crippen LogP contribution in [0.3, 0.4) is 0 Å². The van der Waals surface area contributed by atoms with Crippen molar-refractivity contribution in [1.82, 2.24) is 4.57 Å². The average molecular weight is 321 g/mol. The van der Waals surface area contributed by atoms with E-state index in [4.69, 9.17) is 4.74 Å². The van der Waals surface area contributed by atoms with Gasteiger partial charge in [-0.25, -0.2) is 13.6 Å². The lowest BCUT2D eigenvalue weighted by molar-refractivity contribution is 0.0524. The van der Waals surface area contributed by atoms with Crippen LogP contribution < -0.4 is 5.43 Å². The molecule has 0 bridgehead atoms. The van der Waals surface area contributed by atoms with Crippen LogP contribution in [0.5, 0.6) is 0 Å². The van der Waals surface area contributed by atoms with E-state index in [1.807, 2.05) is 0 Å². The van der Waals surface area contributed by atoms with Crippen LogP contribution in [-0.2, 0) is 11.3 Å². The standard InChI is InChI=1S/C17H17F2NO3/c1-3-20-8-11(17(22)23-4-2)16(21)10-7-12(18)13(9-5-6-9)14(19)15(10)20/h7-9H,3-6H2,1-2H3. The highest BCUT2D eigenvalue weighted by Gasteiger charge is 2.32.